The van der Waals surface area contributed by atoms with Crippen molar-refractivity contribution in [1.82, 2.24) is 9.88 Å². The van der Waals surface area contributed by atoms with E-state index >= 15 is 0 Å². The number of hydrogen-bond acceptors (Lipinski definition) is 4. The lowest BCUT2D eigenvalue weighted by Gasteiger charge is -2.18. The summed E-state index contributed by atoms with van der Waals surface area (Å²) in [6.07, 6.45) is 4.90. The van der Waals surface area contributed by atoms with Crippen LogP contribution in [0.1, 0.15) is 64.2 Å². The van der Waals surface area contributed by atoms with Gasteiger partial charge in [0.05, 0.1) is 12.3 Å². The van der Waals surface area contributed by atoms with Crippen molar-refractivity contribution in [3.63, 3.8) is 0 Å². The van der Waals surface area contributed by atoms with Crippen molar-refractivity contribution in [2.24, 2.45) is 0 Å². The molecule has 2 heterocycles. The van der Waals surface area contributed by atoms with Crippen LogP contribution in [0, 0.1) is 6.92 Å². The van der Waals surface area contributed by atoms with Crippen LogP contribution in [0.25, 0.3) is 11.1 Å². The maximum atomic E-state index is 12.7. The molecule has 1 unspecified atom stereocenters. The first-order valence-electron chi connectivity index (χ1n) is 10.7. The Morgan fingerprint density at radius 2 is 1.97 bits per heavy atom. The van der Waals surface area contributed by atoms with Gasteiger partial charge in [0.25, 0.3) is 5.89 Å². The van der Waals surface area contributed by atoms with Crippen LogP contribution in [0.5, 0.6) is 0 Å². The van der Waals surface area contributed by atoms with E-state index in [2.05, 4.69) is 47.4 Å². The molecule has 1 atom stereocenters. The van der Waals surface area contributed by atoms with Gasteiger partial charge < -0.3 is 14.4 Å². The third-order valence-corrected chi connectivity index (χ3v) is 6.32. The van der Waals surface area contributed by atoms with Gasteiger partial charge in [-0.2, -0.15) is 0 Å². The molecule has 2 aliphatic rings. The predicted octanol–water partition coefficient (Wildman–Crippen LogP) is 4.65. The Labute approximate surface area is 176 Å². The highest BCUT2D eigenvalue weighted by Gasteiger charge is 2.31. The number of likely N-dealkylation sites (tertiary alicyclic amines) is 1. The van der Waals surface area contributed by atoms with Crippen LogP contribution in [-0.4, -0.2) is 34.0 Å². The van der Waals surface area contributed by atoms with Gasteiger partial charge in [0.1, 0.15) is 6.26 Å². The quantitative estimate of drug-likeness (QED) is 0.675. The fourth-order valence-corrected chi connectivity index (χ4v) is 4.60. The van der Waals surface area contributed by atoms with E-state index < -0.39 is 0 Å². The lowest BCUT2D eigenvalue weighted by atomic mass is 9.89. The zero-order valence-corrected chi connectivity index (χ0v) is 17.2. The van der Waals surface area contributed by atoms with E-state index in [1.54, 1.807) is 4.90 Å². The van der Waals surface area contributed by atoms with E-state index in [0.29, 0.717) is 24.7 Å². The molecule has 2 fully saturated rings. The molecule has 0 bridgehead atoms. The van der Waals surface area contributed by atoms with Gasteiger partial charge in [-0.1, -0.05) is 36.4 Å². The maximum absolute atomic E-state index is 12.7. The average molecular weight is 402 g/mol. The van der Waals surface area contributed by atoms with Crippen molar-refractivity contribution < 1.29 is 14.3 Å². The number of aliphatic hydroxyl groups excluding tert-OH is 1. The van der Waals surface area contributed by atoms with Crippen LogP contribution >= 0.6 is 0 Å². The molecule has 3 aromatic rings. The number of rotatable bonds is 5. The Hall–Kier alpha value is -2.92. The van der Waals surface area contributed by atoms with Gasteiger partial charge in [-0.25, -0.2) is 4.98 Å². The van der Waals surface area contributed by atoms with Crippen molar-refractivity contribution in [2.75, 3.05) is 13.1 Å². The number of nitrogens with zero attached hydrogens (tertiary/aromatic N) is 2. The largest absolute Gasteiger partial charge is 0.441 e. The Morgan fingerprint density at radius 3 is 2.70 bits per heavy atom. The molecule has 1 saturated carbocycles. The molecular formula is C25H26N2O3. The van der Waals surface area contributed by atoms with E-state index in [1.165, 1.54) is 30.2 Å². The molecule has 0 spiro atoms. The fraction of sp³-hybridized carbons (Fsp3) is 0.360. The number of aromatic nitrogens is 1. The van der Waals surface area contributed by atoms with Gasteiger partial charge in [-0.05, 0) is 66.0 Å². The number of hydrogen-bond donors (Lipinski definition) is 1. The number of benzene rings is 2. The van der Waals surface area contributed by atoms with Crippen LogP contribution in [0.4, 0.5) is 0 Å². The molecule has 5 rings (SSSR count). The maximum Gasteiger partial charge on any atom is 0.309 e. The summed E-state index contributed by atoms with van der Waals surface area (Å²) in [4.78, 5) is 18.6. The van der Waals surface area contributed by atoms with Gasteiger partial charge in [0.2, 0.25) is 0 Å². The smallest absolute Gasteiger partial charge is 0.309 e. The molecule has 1 amide bonds. The van der Waals surface area contributed by atoms with E-state index in [0.717, 1.165) is 23.1 Å². The third kappa shape index (κ3) is 3.54. The standard InChI is InChI=1S/C25H26N2O3/c1-16-15-30-24(26-16)25(29)27-11-10-19(13-27)21-9-8-18(12-20(21)14-28)23-5-3-2-4-22(23)17-6-7-17/h2-5,8-9,12,15,17,19,28H,6-7,10-11,13-14H2,1H3. The van der Waals surface area contributed by atoms with Gasteiger partial charge in [-0.15, -0.1) is 0 Å². The molecule has 1 aromatic heterocycles. The molecule has 1 saturated heterocycles. The van der Waals surface area contributed by atoms with Crippen LogP contribution in [0.15, 0.2) is 53.1 Å². The summed E-state index contributed by atoms with van der Waals surface area (Å²) < 4.78 is 5.28. The number of aryl methyl sites for hydroxylation is 1. The summed E-state index contributed by atoms with van der Waals surface area (Å²) in [5.74, 6) is 0.875. The topological polar surface area (TPSA) is 66.6 Å². The van der Waals surface area contributed by atoms with Crippen molar-refractivity contribution in [3.8, 4) is 11.1 Å². The lowest BCUT2D eigenvalue weighted by Crippen LogP contribution is -2.28. The highest BCUT2D eigenvalue weighted by Crippen LogP contribution is 2.44. The number of carbonyl (C=O) groups is 1. The van der Waals surface area contributed by atoms with E-state index in [1.807, 2.05) is 6.92 Å². The zero-order chi connectivity index (χ0) is 20.7. The lowest BCUT2D eigenvalue weighted by molar-refractivity contribution is 0.0751. The van der Waals surface area contributed by atoms with E-state index in [-0.39, 0.29) is 24.3 Å². The van der Waals surface area contributed by atoms with Crippen LogP contribution in [0.2, 0.25) is 0 Å². The summed E-state index contributed by atoms with van der Waals surface area (Å²) >= 11 is 0. The van der Waals surface area contributed by atoms with Crippen molar-refractivity contribution in [2.45, 2.75) is 44.6 Å². The Morgan fingerprint density at radius 1 is 1.13 bits per heavy atom. The first-order chi connectivity index (χ1) is 14.6. The first-order valence-corrected chi connectivity index (χ1v) is 10.7. The second kappa shape index (κ2) is 7.73. The molecule has 1 aliphatic heterocycles. The summed E-state index contributed by atoms with van der Waals surface area (Å²) in [5, 5.41) is 10.1. The van der Waals surface area contributed by atoms with Gasteiger partial charge in [0.15, 0.2) is 0 Å². The Bertz CT molecular complexity index is 1080. The van der Waals surface area contributed by atoms with E-state index in [9.17, 15) is 9.90 Å². The predicted molar refractivity (Wildman–Crippen MR) is 114 cm³/mol. The minimum Gasteiger partial charge on any atom is -0.441 e. The summed E-state index contributed by atoms with van der Waals surface area (Å²) in [5.41, 5.74) is 6.62. The van der Waals surface area contributed by atoms with Gasteiger partial charge >= 0.3 is 5.91 Å². The zero-order valence-electron chi connectivity index (χ0n) is 17.2. The second-order valence-corrected chi connectivity index (χ2v) is 8.46. The van der Waals surface area contributed by atoms with Crippen LogP contribution in [-0.2, 0) is 6.61 Å². The monoisotopic (exact) mass is 402 g/mol. The molecule has 5 heteroatoms. The van der Waals surface area contributed by atoms with Crippen molar-refractivity contribution >= 4 is 5.91 Å². The Balaban J connectivity index is 1.39. The molecule has 30 heavy (non-hydrogen) atoms. The third-order valence-electron chi connectivity index (χ3n) is 6.32. The van der Waals surface area contributed by atoms with Crippen molar-refractivity contribution in [3.05, 3.63) is 77.0 Å². The molecule has 154 valence electrons. The second-order valence-electron chi connectivity index (χ2n) is 8.46. The highest BCUT2D eigenvalue weighted by atomic mass is 16.4. The SMILES string of the molecule is Cc1coc(C(=O)N2CCC(c3ccc(-c4ccccc4C4CC4)cc3CO)C2)n1. The van der Waals surface area contributed by atoms with Crippen molar-refractivity contribution in [1.29, 1.82) is 0 Å². The number of amides is 1. The minimum absolute atomic E-state index is 0.00184. The molecule has 1 aliphatic carbocycles. The number of aliphatic hydroxyl groups is 1. The summed E-state index contributed by atoms with van der Waals surface area (Å²) in [7, 11) is 0. The molecular weight excluding hydrogens is 376 g/mol. The summed E-state index contributed by atoms with van der Waals surface area (Å²) in [6.45, 7) is 3.09. The van der Waals surface area contributed by atoms with Crippen LogP contribution < -0.4 is 0 Å². The summed E-state index contributed by atoms with van der Waals surface area (Å²) in [6, 6.07) is 15.0. The van der Waals surface area contributed by atoms with Gasteiger partial charge in [0, 0.05) is 19.0 Å². The minimum atomic E-state index is -0.161. The normalized spacial score (nSPS) is 18.7. The molecule has 5 nitrogen and oxygen atoms in total. The number of carbonyl (C=O) groups excluding carboxylic acids is 1. The van der Waals surface area contributed by atoms with Crippen LogP contribution in [0.3, 0.4) is 0 Å². The van der Waals surface area contributed by atoms with Gasteiger partial charge in [-0.3, -0.25) is 4.79 Å². The average Bonchev–Trinajstić information content (AvgIpc) is 3.35. The molecule has 2 aromatic carbocycles. The Kier molecular flexibility index (Phi) is 4.91. The molecule has 1 N–H and O–H groups in total. The molecule has 0 radical (unpaired) electrons. The highest BCUT2D eigenvalue weighted by molar-refractivity contribution is 5.90. The first kappa shape index (κ1) is 19.1. The fourth-order valence-electron chi connectivity index (χ4n) is 4.60. The van der Waals surface area contributed by atoms with E-state index in [4.69, 9.17) is 4.42 Å². The number of oxazole rings is 1.